The SMILES string of the molecule is CCc1nc(C)c2cc(NC3CC3)ccn12. The van der Waals surface area contributed by atoms with E-state index in [4.69, 9.17) is 0 Å². The zero-order valence-corrected chi connectivity index (χ0v) is 9.83. The molecule has 3 heteroatoms. The number of anilines is 1. The van der Waals surface area contributed by atoms with Crippen LogP contribution in [-0.2, 0) is 6.42 Å². The van der Waals surface area contributed by atoms with Crippen molar-refractivity contribution >= 4 is 11.2 Å². The standard InChI is InChI=1S/C13H17N3/c1-3-13-14-9(2)12-8-11(6-7-16(12)13)15-10-4-5-10/h6-8,10,15H,3-5H2,1-2H3. The van der Waals surface area contributed by atoms with E-state index in [1.54, 1.807) is 0 Å². The smallest absolute Gasteiger partial charge is 0.113 e. The summed E-state index contributed by atoms with van der Waals surface area (Å²) >= 11 is 0. The molecule has 0 atom stereocenters. The lowest BCUT2D eigenvalue weighted by atomic mass is 10.3. The molecule has 0 unspecified atom stereocenters. The highest BCUT2D eigenvalue weighted by atomic mass is 15.0. The maximum absolute atomic E-state index is 4.58. The molecule has 3 nitrogen and oxygen atoms in total. The number of pyridine rings is 1. The van der Waals surface area contributed by atoms with Gasteiger partial charge >= 0.3 is 0 Å². The average molecular weight is 215 g/mol. The van der Waals surface area contributed by atoms with Crippen molar-refractivity contribution in [2.45, 2.75) is 39.2 Å². The zero-order chi connectivity index (χ0) is 11.1. The molecule has 0 amide bonds. The molecule has 0 radical (unpaired) electrons. The Morgan fingerprint density at radius 2 is 2.31 bits per heavy atom. The predicted molar refractivity (Wildman–Crippen MR) is 66.0 cm³/mol. The third-order valence-electron chi connectivity index (χ3n) is 3.16. The van der Waals surface area contributed by atoms with Crippen LogP contribution in [0.2, 0.25) is 0 Å². The molecule has 1 aliphatic rings. The van der Waals surface area contributed by atoms with E-state index < -0.39 is 0 Å². The molecule has 0 aromatic carbocycles. The summed E-state index contributed by atoms with van der Waals surface area (Å²) in [5, 5.41) is 3.52. The van der Waals surface area contributed by atoms with Crippen LogP contribution >= 0.6 is 0 Å². The quantitative estimate of drug-likeness (QED) is 0.853. The maximum Gasteiger partial charge on any atom is 0.113 e. The van der Waals surface area contributed by atoms with Gasteiger partial charge in [-0.25, -0.2) is 4.98 Å². The molecule has 2 heterocycles. The van der Waals surface area contributed by atoms with Crippen LogP contribution in [0, 0.1) is 6.92 Å². The van der Waals surface area contributed by atoms with Gasteiger partial charge in [-0.1, -0.05) is 6.92 Å². The van der Waals surface area contributed by atoms with Crippen molar-refractivity contribution in [3.05, 3.63) is 29.8 Å². The van der Waals surface area contributed by atoms with Crippen molar-refractivity contribution in [1.82, 2.24) is 9.38 Å². The number of aryl methyl sites for hydroxylation is 2. The van der Waals surface area contributed by atoms with E-state index in [-0.39, 0.29) is 0 Å². The van der Waals surface area contributed by atoms with Crippen molar-refractivity contribution in [1.29, 1.82) is 0 Å². The molecule has 3 rings (SSSR count). The Bertz CT molecular complexity index is 523. The van der Waals surface area contributed by atoms with Gasteiger partial charge in [-0.15, -0.1) is 0 Å². The summed E-state index contributed by atoms with van der Waals surface area (Å²) in [5.74, 6) is 1.14. The van der Waals surface area contributed by atoms with E-state index in [1.165, 1.54) is 24.0 Å². The van der Waals surface area contributed by atoms with Crippen LogP contribution in [0.1, 0.15) is 31.3 Å². The summed E-state index contributed by atoms with van der Waals surface area (Å²) in [6.07, 6.45) is 5.72. The monoisotopic (exact) mass is 215 g/mol. The number of nitrogens with zero attached hydrogens (tertiary/aromatic N) is 2. The molecule has 1 aliphatic carbocycles. The molecule has 2 aromatic heterocycles. The Morgan fingerprint density at radius 1 is 1.50 bits per heavy atom. The van der Waals surface area contributed by atoms with Crippen molar-refractivity contribution in [2.24, 2.45) is 0 Å². The molecule has 1 saturated carbocycles. The van der Waals surface area contributed by atoms with Crippen molar-refractivity contribution in [3.63, 3.8) is 0 Å². The fraction of sp³-hybridized carbons (Fsp3) is 0.462. The molecule has 0 aliphatic heterocycles. The summed E-state index contributed by atoms with van der Waals surface area (Å²) in [4.78, 5) is 4.58. The van der Waals surface area contributed by atoms with Crippen LogP contribution in [-0.4, -0.2) is 15.4 Å². The van der Waals surface area contributed by atoms with E-state index in [2.05, 4.69) is 46.9 Å². The largest absolute Gasteiger partial charge is 0.382 e. The molecule has 0 bridgehead atoms. The van der Waals surface area contributed by atoms with E-state index in [0.29, 0.717) is 6.04 Å². The van der Waals surface area contributed by atoms with Gasteiger partial charge in [0, 0.05) is 24.3 Å². The van der Waals surface area contributed by atoms with Gasteiger partial charge in [0.25, 0.3) is 0 Å². The van der Waals surface area contributed by atoms with Crippen molar-refractivity contribution in [2.75, 3.05) is 5.32 Å². The summed E-state index contributed by atoms with van der Waals surface area (Å²) in [7, 11) is 0. The Kier molecular flexibility index (Phi) is 2.13. The van der Waals surface area contributed by atoms with Crippen molar-refractivity contribution < 1.29 is 0 Å². The number of hydrogen-bond donors (Lipinski definition) is 1. The Balaban J connectivity index is 2.05. The minimum atomic E-state index is 0.705. The Morgan fingerprint density at radius 3 is 3.00 bits per heavy atom. The maximum atomic E-state index is 4.58. The van der Waals surface area contributed by atoms with Gasteiger partial charge in [0.15, 0.2) is 0 Å². The van der Waals surface area contributed by atoms with E-state index in [1.807, 2.05) is 0 Å². The van der Waals surface area contributed by atoms with Crippen LogP contribution in [0.15, 0.2) is 18.3 Å². The van der Waals surface area contributed by atoms with E-state index in [0.717, 1.165) is 17.9 Å². The van der Waals surface area contributed by atoms with Crippen LogP contribution in [0.25, 0.3) is 5.52 Å². The molecule has 0 spiro atoms. The zero-order valence-electron chi connectivity index (χ0n) is 9.83. The normalized spacial score (nSPS) is 15.6. The number of imidazole rings is 1. The molecule has 84 valence electrons. The van der Waals surface area contributed by atoms with Crippen LogP contribution in [0.5, 0.6) is 0 Å². The first kappa shape index (κ1) is 9.70. The molecule has 0 saturated heterocycles. The van der Waals surface area contributed by atoms with Crippen LogP contribution in [0.4, 0.5) is 5.69 Å². The first-order chi connectivity index (χ1) is 7.78. The Labute approximate surface area is 95.5 Å². The average Bonchev–Trinajstić information content (AvgIpc) is 3.04. The molecular weight excluding hydrogens is 198 g/mol. The number of aromatic nitrogens is 2. The van der Waals surface area contributed by atoms with Gasteiger partial charge in [-0.05, 0) is 31.9 Å². The highest BCUT2D eigenvalue weighted by Crippen LogP contribution is 2.26. The highest BCUT2D eigenvalue weighted by Gasteiger charge is 2.20. The van der Waals surface area contributed by atoms with Gasteiger partial charge in [-0.2, -0.15) is 0 Å². The third kappa shape index (κ3) is 1.56. The molecule has 2 aromatic rings. The predicted octanol–water partition coefficient (Wildman–Crippen LogP) is 2.78. The number of rotatable bonds is 3. The second kappa shape index (κ2) is 3.51. The number of nitrogens with one attached hydrogen (secondary N) is 1. The fourth-order valence-corrected chi connectivity index (χ4v) is 2.11. The van der Waals surface area contributed by atoms with E-state index >= 15 is 0 Å². The topological polar surface area (TPSA) is 29.3 Å². The number of hydrogen-bond acceptors (Lipinski definition) is 2. The summed E-state index contributed by atoms with van der Waals surface area (Å²) in [6.45, 7) is 4.22. The van der Waals surface area contributed by atoms with Gasteiger partial charge in [0.2, 0.25) is 0 Å². The fourth-order valence-electron chi connectivity index (χ4n) is 2.11. The van der Waals surface area contributed by atoms with Crippen molar-refractivity contribution in [3.8, 4) is 0 Å². The minimum absolute atomic E-state index is 0.705. The van der Waals surface area contributed by atoms with Gasteiger partial charge in [0.1, 0.15) is 5.82 Å². The molecule has 16 heavy (non-hydrogen) atoms. The minimum Gasteiger partial charge on any atom is -0.382 e. The van der Waals surface area contributed by atoms with E-state index in [9.17, 15) is 0 Å². The lowest BCUT2D eigenvalue weighted by molar-refractivity contribution is 0.929. The van der Waals surface area contributed by atoms with Crippen LogP contribution < -0.4 is 5.32 Å². The highest BCUT2D eigenvalue weighted by molar-refractivity contribution is 5.62. The second-order valence-corrected chi connectivity index (χ2v) is 4.56. The van der Waals surface area contributed by atoms with Gasteiger partial charge in [0.05, 0.1) is 11.2 Å². The Hall–Kier alpha value is -1.51. The summed E-state index contributed by atoms with van der Waals surface area (Å²) in [5.41, 5.74) is 3.57. The van der Waals surface area contributed by atoms with Gasteiger partial charge in [-0.3, -0.25) is 0 Å². The summed E-state index contributed by atoms with van der Waals surface area (Å²) in [6, 6.07) is 5.06. The first-order valence-electron chi connectivity index (χ1n) is 6.02. The molecular formula is C13H17N3. The molecule has 1 N–H and O–H groups in total. The second-order valence-electron chi connectivity index (χ2n) is 4.56. The lowest BCUT2D eigenvalue weighted by Gasteiger charge is -2.05. The van der Waals surface area contributed by atoms with Crippen LogP contribution in [0.3, 0.4) is 0 Å². The summed E-state index contributed by atoms with van der Waals surface area (Å²) < 4.78 is 2.19. The third-order valence-corrected chi connectivity index (χ3v) is 3.16. The molecule has 1 fully saturated rings. The van der Waals surface area contributed by atoms with Gasteiger partial charge < -0.3 is 9.72 Å². The number of fused-ring (bicyclic) bond motifs is 1. The lowest BCUT2D eigenvalue weighted by Crippen LogP contribution is -2.01. The first-order valence-corrected chi connectivity index (χ1v) is 6.02.